The van der Waals surface area contributed by atoms with E-state index in [1.54, 1.807) is 37.4 Å². The van der Waals surface area contributed by atoms with Crippen molar-refractivity contribution in [2.75, 3.05) is 18.4 Å². The first-order chi connectivity index (χ1) is 14.4. The number of ether oxygens (including phenoxy) is 1. The second kappa shape index (κ2) is 9.65. The molecular weight excluding hydrogens is 424 g/mol. The summed E-state index contributed by atoms with van der Waals surface area (Å²) in [6.07, 6.45) is 0.585. The van der Waals surface area contributed by atoms with Crippen LogP contribution in [-0.2, 0) is 16.4 Å². The lowest BCUT2D eigenvalue weighted by Crippen LogP contribution is -2.26. The number of methoxy groups -OCH3 is 1. The van der Waals surface area contributed by atoms with Crippen molar-refractivity contribution in [2.45, 2.75) is 11.3 Å². The number of hydrogen-bond acceptors (Lipinski definition) is 4. The number of nitrogens with one attached hydrogen (secondary N) is 2. The molecule has 3 aromatic carbocycles. The lowest BCUT2D eigenvalue weighted by molar-refractivity contribution is 0.0954. The van der Waals surface area contributed by atoms with Crippen LogP contribution in [0.25, 0.3) is 0 Å². The van der Waals surface area contributed by atoms with Crippen molar-refractivity contribution in [3.8, 4) is 5.75 Å². The molecule has 0 saturated heterocycles. The molecule has 0 aliphatic carbocycles. The molecule has 0 saturated carbocycles. The SMILES string of the molecule is COc1ccccc1CCNC(=O)c1cccc(S(=O)(=O)Nc2ccccc2Cl)c1. The molecule has 0 bridgehead atoms. The number of carbonyl (C=O) groups is 1. The summed E-state index contributed by atoms with van der Waals surface area (Å²) in [6, 6.07) is 19.9. The van der Waals surface area contributed by atoms with Crippen LogP contribution in [0.5, 0.6) is 5.75 Å². The molecule has 3 rings (SSSR count). The number of rotatable bonds is 8. The highest BCUT2D eigenvalue weighted by atomic mass is 35.5. The van der Waals surface area contributed by atoms with E-state index in [9.17, 15) is 13.2 Å². The zero-order valence-electron chi connectivity index (χ0n) is 16.3. The zero-order valence-corrected chi connectivity index (χ0v) is 17.8. The molecule has 2 N–H and O–H groups in total. The van der Waals surface area contributed by atoms with Crippen molar-refractivity contribution in [3.63, 3.8) is 0 Å². The average molecular weight is 445 g/mol. The van der Waals surface area contributed by atoms with Gasteiger partial charge in [-0.3, -0.25) is 9.52 Å². The average Bonchev–Trinajstić information content (AvgIpc) is 2.75. The van der Waals surface area contributed by atoms with E-state index in [2.05, 4.69) is 10.0 Å². The largest absolute Gasteiger partial charge is 0.496 e. The van der Waals surface area contributed by atoms with Gasteiger partial charge in [0.05, 0.1) is 22.7 Å². The molecule has 0 aliphatic heterocycles. The van der Waals surface area contributed by atoms with Crippen molar-refractivity contribution < 1.29 is 17.9 Å². The van der Waals surface area contributed by atoms with Gasteiger partial charge < -0.3 is 10.1 Å². The van der Waals surface area contributed by atoms with Gasteiger partial charge in [-0.25, -0.2) is 8.42 Å². The Morgan fingerprint density at radius 2 is 1.73 bits per heavy atom. The van der Waals surface area contributed by atoms with Gasteiger partial charge >= 0.3 is 0 Å². The van der Waals surface area contributed by atoms with Gasteiger partial charge in [0.25, 0.3) is 15.9 Å². The molecule has 0 heterocycles. The molecule has 0 radical (unpaired) electrons. The minimum absolute atomic E-state index is 0.0280. The van der Waals surface area contributed by atoms with Crippen molar-refractivity contribution in [2.24, 2.45) is 0 Å². The first kappa shape index (κ1) is 21.7. The van der Waals surface area contributed by atoms with Crippen LogP contribution in [-0.4, -0.2) is 28.0 Å². The van der Waals surface area contributed by atoms with Crippen LogP contribution in [0.1, 0.15) is 15.9 Å². The molecule has 0 aliphatic rings. The van der Waals surface area contributed by atoms with E-state index in [1.807, 2.05) is 24.3 Å². The third-order valence-corrected chi connectivity index (χ3v) is 6.09. The molecule has 1 amide bonds. The van der Waals surface area contributed by atoms with E-state index in [0.29, 0.717) is 13.0 Å². The second-order valence-electron chi connectivity index (χ2n) is 6.43. The highest BCUT2D eigenvalue weighted by Crippen LogP contribution is 2.24. The fourth-order valence-electron chi connectivity index (χ4n) is 2.87. The van der Waals surface area contributed by atoms with Gasteiger partial charge in [-0.15, -0.1) is 0 Å². The predicted octanol–water partition coefficient (Wildman–Crippen LogP) is 4.12. The van der Waals surface area contributed by atoms with E-state index in [0.717, 1.165) is 11.3 Å². The highest BCUT2D eigenvalue weighted by molar-refractivity contribution is 7.92. The molecule has 0 atom stereocenters. The fraction of sp³-hybridized carbons (Fsp3) is 0.136. The first-order valence-electron chi connectivity index (χ1n) is 9.18. The summed E-state index contributed by atoms with van der Waals surface area (Å²) in [7, 11) is -2.30. The lowest BCUT2D eigenvalue weighted by atomic mass is 10.1. The number of carbonyl (C=O) groups excluding carboxylic acids is 1. The Balaban J connectivity index is 1.68. The number of benzene rings is 3. The van der Waals surface area contributed by atoms with Crippen LogP contribution in [0.15, 0.2) is 77.7 Å². The monoisotopic (exact) mass is 444 g/mol. The van der Waals surface area contributed by atoms with Gasteiger partial charge in [-0.1, -0.05) is 48.0 Å². The van der Waals surface area contributed by atoms with E-state index >= 15 is 0 Å². The predicted molar refractivity (Wildman–Crippen MR) is 118 cm³/mol. The zero-order chi connectivity index (χ0) is 21.6. The van der Waals surface area contributed by atoms with Crippen LogP contribution >= 0.6 is 11.6 Å². The first-order valence-corrected chi connectivity index (χ1v) is 11.0. The Morgan fingerprint density at radius 3 is 2.50 bits per heavy atom. The van der Waals surface area contributed by atoms with Crippen LogP contribution < -0.4 is 14.8 Å². The molecule has 0 fully saturated rings. The van der Waals surface area contributed by atoms with Crippen molar-refractivity contribution in [3.05, 3.63) is 88.9 Å². The number of halogens is 1. The Morgan fingerprint density at radius 1 is 1.00 bits per heavy atom. The number of anilines is 1. The summed E-state index contributed by atoms with van der Waals surface area (Å²) in [5, 5.41) is 3.09. The Bertz CT molecular complexity index is 1150. The second-order valence-corrected chi connectivity index (χ2v) is 8.52. The molecule has 8 heteroatoms. The number of amides is 1. The minimum Gasteiger partial charge on any atom is -0.496 e. The molecule has 0 aromatic heterocycles. The summed E-state index contributed by atoms with van der Waals surface area (Å²) in [5.41, 5.74) is 1.49. The highest BCUT2D eigenvalue weighted by Gasteiger charge is 2.17. The Kier molecular flexibility index (Phi) is 6.97. The number of sulfonamides is 1. The Labute approximate surface area is 180 Å². The summed E-state index contributed by atoms with van der Waals surface area (Å²) in [4.78, 5) is 12.5. The summed E-state index contributed by atoms with van der Waals surface area (Å²) < 4.78 is 33.1. The topological polar surface area (TPSA) is 84.5 Å². The lowest BCUT2D eigenvalue weighted by Gasteiger charge is -2.11. The molecule has 0 spiro atoms. The van der Waals surface area contributed by atoms with Gasteiger partial charge in [0.2, 0.25) is 0 Å². The smallest absolute Gasteiger partial charge is 0.261 e. The van der Waals surface area contributed by atoms with Gasteiger partial charge in [0.15, 0.2) is 0 Å². The van der Waals surface area contributed by atoms with Gasteiger partial charge in [-0.05, 0) is 48.4 Å². The summed E-state index contributed by atoms with van der Waals surface area (Å²) in [6.45, 7) is 0.383. The van der Waals surface area contributed by atoms with Crippen molar-refractivity contribution in [1.82, 2.24) is 5.32 Å². The van der Waals surface area contributed by atoms with Gasteiger partial charge in [0, 0.05) is 12.1 Å². The summed E-state index contributed by atoms with van der Waals surface area (Å²) in [5.74, 6) is 0.394. The van der Waals surface area contributed by atoms with Gasteiger partial charge in [0.1, 0.15) is 5.75 Å². The fourth-order valence-corrected chi connectivity index (χ4v) is 4.24. The van der Waals surface area contributed by atoms with E-state index in [-0.39, 0.29) is 27.1 Å². The molecular formula is C22H21ClN2O4S. The van der Waals surface area contributed by atoms with Crippen molar-refractivity contribution >= 4 is 33.2 Å². The summed E-state index contributed by atoms with van der Waals surface area (Å²) >= 11 is 6.03. The third-order valence-electron chi connectivity index (χ3n) is 4.40. The normalized spacial score (nSPS) is 11.0. The van der Waals surface area contributed by atoms with Crippen molar-refractivity contribution in [1.29, 1.82) is 0 Å². The maximum absolute atomic E-state index is 12.7. The maximum atomic E-state index is 12.7. The van der Waals surface area contributed by atoms with Gasteiger partial charge in [-0.2, -0.15) is 0 Å². The molecule has 30 heavy (non-hydrogen) atoms. The quantitative estimate of drug-likeness (QED) is 0.547. The van der Waals surface area contributed by atoms with Crippen LogP contribution in [0.2, 0.25) is 5.02 Å². The molecule has 156 valence electrons. The van der Waals surface area contributed by atoms with E-state index in [1.165, 1.54) is 18.2 Å². The van der Waals surface area contributed by atoms with Crippen LogP contribution in [0.3, 0.4) is 0 Å². The van der Waals surface area contributed by atoms with E-state index < -0.39 is 10.0 Å². The van der Waals surface area contributed by atoms with Crippen LogP contribution in [0, 0.1) is 0 Å². The van der Waals surface area contributed by atoms with Crippen LogP contribution in [0.4, 0.5) is 5.69 Å². The minimum atomic E-state index is -3.90. The number of hydrogen-bond donors (Lipinski definition) is 2. The standard InChI is InChI=1S/C22H21ClN2O4S/c1-29-21-12-5-2-7-16(21)13-14-24-22(26)17-8-6-9-18(15-17)30(27,28)25-20-11-4-3-10-19(20)23/h2-12,15,25H,13-14H2,1H3,(H,24,26). The molecule has 3 aromatic rings. The molecule has 6 nitrogen and oxygen atoms in total. The van der Waals surface area contributed by atoms with E-state index in [4.69, 9.17) is 16.3 Å². The maximum Gasteiger partial charge on any atom is 0.261 e. The Hall–Kier alpha value is -3.03. The third kappa shape index (κ3) is 5.31. The molecule has 0 unspecified atom stereocenters. The number of para-hydroxylation sites is 2.